The lowest BCUT2D eigenvalue weighted by Gasteiger charge is -2.10. The van der Waals surface area contributed by atoms with Crippen molar-refractivity contribution in [2.75, 3.05) is 6.54 Å². The SMILES string of the molecule is CC1=NCCn2ccnc21. The topological polar surface area (TPSA) is 30.2 Å². The average molecular weight is 135 g/mol. The summed E-state index contributed by atoms with van der Waals surface area (Å²) in [6.07, 6.45) is 3.81. The van der Waals surface area contributed by atoms with Crippen molar-refractivity contribution in [3.63, 3.8) is 0 Å². The molecule has 10 heavy (non-hydrogen) atoms. The van der Waals surface area contributed by atoms with Crippen LogP contribution in [0.1, 0.15) is 12.7 Å². The molecule has 0 fully saturated rings. The van der Waals surface area contributed by atoms with Gasteiger partial charge in [-0.25, -0.2) is 4.98 Å². The van der Waals surface area contributed by atoms with E-state index in [1.54, 1.807) is 0 Å². The molecule has 0 saturated heterocycles. The first kappa shape index (κ1) is 5.65. The van der Waals surface area contributed by atoms with E-state index in [0.29, 0.717) is 0 Å². The second-order valence-electron chi connectivity index (χ2n) is 2.41. The molecule has 1 aromatic heterocycles. The summed E-state index contributed by atoms with van der Waals surface area (Å²) in [5.74, 6) is 1.02. The Morgan fingerprint density at radius 2 is 2.50 bits per heavy atom. The van der Waals surface area contributed by atoms with Gasteiger partial charge in [-0.3, -0.25) is 4.99 Å². The van der Waals surface area contributed by atoms with Gasteiger partial charge in [0.25, 0.3) is 0 Å². The highest BCUT2D eigenvalue weighted by molar-refractivity contribution is 5.95. The molecule has 3 heteroatoms. The summed E-state index contributed by atoms with van der Waals surface area (Å²) in [6.45, 7) is 3.87. The number of aromatic nitrogens is 2. The monoisotopic (exact) mass is 135 g/mol. The third-order valence-electron chi connectivity index (χ3n) is 1.73. The highest BCUT2D eigenvalue weighted by atomic mass is 15.1. The highest BCUT2D eigenvalue weighted by Gasteiger charge is 2.08. The maximum Gasteiger partial charge on any atom is 0.153 e. The molecule has 0 aliphatic carbocycles. The number of rotatable bonds is 0. The van der Waals surface area contributed by atoms with Crippen molar-refractivity contribution < 1.29 is 0 Å². The molecule has 0 N–H and O–H groups in total. The fourth-order valence-electron chi connectivity index (χ4n) is 1.21. The molecule has 1 aliphatic rings. The van der Waals surface area contributed by atoms with Crippen LogP contribution in [-0.4, -0.2) is 21.8 Å². The van der Waals surface area contributed by atoms with E-state index in [-0.39, 0.29) is 0 Å². The Hall–Kier alpha value is -1.12. The van der Waals surface area contributed by atoms with Crippen LogP contribution in [0.4, 0.5) is 0 Å². The minimum atomic E-state index is 0.898. The van der Waals surface area contributed by atoms with Gasteiger partial charge >= 0.3 is 0 Å². The van der Waals surface area contributed by atoms with E-state index < -0.39 is 0 Å². The third kappa shape index (κ3) is 0.667. The molecule has 1 aromatic rings. The van der Waals surface area contributed by atoms with E-state index >= 15 is 0 Å². The standard InChI is InChI=1S/C7H9N3/c1-6-7-9-3-5-10(7)4-2-8-6/h3,5H,2,4H2,1H3. The van der Waals surface area contributed by atoms with Crippen molar-refractivity contribution in [3.8, 4) is 0 Å². The molecule has 3 nitrogen and oxygen atoms in total. The fourth-order valence-corrected chi connectivity index (χ4v) is 1.21. The van der Waals surface area contributed by atoms with Crippen LogP contribution in [0.5, 0.6) is 0 Å². The zero-order valence-electron chi connectivity index (χ0n) is 5.91. The molecule has 0 radical (unpaired) electrons. The summed E-state index contributed by atoms with van der Waals surface area (Å²) in [7, 11) is 0. The van der Waals surface area contributed by atoms with Gasteiger partial charge in [-0.1, -0.05) is 0 Å². The molecule has 52 valence electrons. The van der Waals surface area contributed by atoms with Gasteiger partial charge in [0, 0.05) is 18.9 Å². The van der Waals surface area contributed by atoms with Crippen molar-refractivity contribution >= 4 is 5.71 Å². The summed E-state index contributed by atoms with van der Waals surface area (Å²) < 4.78 is 2.13. The Balaban J connectivity index is 2.55. The van der Waals surface area contributed by atoms with Crippen LogP contribution in [0, 0.1) is 0 Å². The molecule has 0 atom stereocenters. The molecule has 1 aliphatic heterocycles. The number of aliphatic imine (C=N–C) groups is 1. The second kappa shape index (κ2) is 1.94. The largest absolute Gasteiger partial charge is 0.328 e. The number of hydrogen-bond donors (Lipinski definition) is 0. The Labute approximate surface area is 59.4 Å². The van der Waals surface area contributed by atoms with Gasteiger partial charge in [0.05, 0.1) is 12.3 Å². The van der Waals surface area contributed by atoms with Gasteiger partial charge in [0.15, 0.2) is 5.82 Å². The normalized spacial score (nSPS) is 16.3. The molecular weight excluding hydrogens is 126 g/mol. The molecule has 2 rings (SSSR count). The average Bonchev–Trinajstić information content (AvgIpc) is 2.36. The predicted octanol–water partition coefficient (Wildman–Crippen LogP) is 0.706. The zero-order chi connectivity index (χ0) is 6.97. The zero-order valence-corrected chi connectivity index (χ0v) is 5.91. The van der Waals surface area contributed by atoms with Crippen molar-refractivity contribution in [2.24, 2.45) is 4.99 Å². The number of hydrogen-bond acceptors (Lipinski definition) is 2. The van der Waals surface area contributed by atoms with E-state index in [0.717, 1.165) is 24.6 Å². The number of fused-ring (bicyclic) bond motifs is 1. The van der Waals surface area contributed by atoms with E-state index in [9.17, 15) is 0 Å². The van der Waals surface area contributed by atoms with Crippen molar-refractivity contribution in [2.45, 2.75) is 13.5 Å². The molecule has 0 bridgehead atoms. The molecule has 0 spiro atoms. The molecule has 0 amide bonds. The lowest BCUT2D eigenvalue weighted by Crippen LogP contribution is -2.15. The van der Waals surface area contributed by atoms with Gasteiger partial charge in [0.1, 0.15) is 0 Å². The van der Waals surface area contributed by atoms with E-state index in [4.69, 9.17) is 0 Å². The van der Waals surface area contributed by atoms with Crippen LogP contribution >= 0.6 is 0 Å². The smallest absolute Gasteiger partial charge is 0.153 e. The molecule has 0 saturated carbocycles. The van der Waals surface area contributed by atoms with Crippen molar-refractivity contribution in [1.82, 2.24) is 9.55 Å². The van der Waals surface area contributed by atoms with Crippen molar-refractivity contribution in [1.29, 1.82) is 0 Å². The van der Waals surface area contributed by atoms with Gasteiger partial charge in [0.2, 0.25) is 0 Å². The molecule has 0 unspecified atom stereocenters. The lowest BCUT2D eigenvalue weighted by molar-refractivity contribution is 0.681. The first-order chi connectivity index (χ1) is 4.88. The summed E-state index contributed by atoms with van der Waals surface area (Å²) >= 11 is 0. The van der Waals surface area contributed by atoms with E-state index in [1.807, 2.05) is 19.3 Å². The summed E-state index contributed by atoms with van der Waals surface area (Å²) in [5.41, 5.74) is 1.05. The minimum absolute atomic E-state index is 0.898. The van der Waals surface area contributed by atoms with E-state index in [2.05, 4.69) is 14.5 Å². The first-order valence-corrected chi connectivity index (χ1v) is 3.40. The summed E-state index contributed by atoms with van der Waals surface area (Å²) in [5, 5.41) is 0. The van der Waals surface area contributed by atoms with E-state index in [1.165, 1.54) is 0 Å². The third-order valence-corrected chi connectivity index (χ3v) is 1.73. The Bertz CT molecular complexity index is 272. The number of nitrogens with zero attached hydrogens (tertiary/aromatic N) is 3. The number of imidazole rings is 1. The van der Waals surface area contributed by atoms with Crippen LogP contribution in [0.25, 0.3) is 0 Å². The maximum atomic E-state index is 4.28. The van der Waals surface area contributed by atoms with Gasteiger partial charge in [-0.15, -0.1) is 0 Å². The Morgan fingerprint density at radius 3 is 3.30 bits per heavy atom. The maximum absolute atomic E-state index is 4.28. The highest BCUT2D eigenvalue weighted by Crippen LogP contribution is 2.04. The molecule has 0 aromatic carbocycles. The Morgan fingerprint density at radius 1 is 1.60 bits per heavy atom. The minimum Gasteiger partial charge on any atom is -0.328 e. The summed E-state index contributed by atoms with van der Waals surface area (Å²) in [6, 6.07) is 0. The molecule has 2 heterocycles. The van der Waals surface area contributed by atoms with Gasteiger partial charge in [-0.05, 0) is 6.92 Å². The van der Waals surface area contributed by atoms with Crippen LogP contribution in [-0.2, 0) is 6.54 Å². The van der Waals surface area contributed by atoms with Crippen LogP contribution in [0.2, 0.25) is 0 Å². The Kier molecular flexibility index (Phi) is 1.09. The molecular formula is C7H9N3. The van der Waals surface area contributed by atoms with Gasteiger partial charge < -0.3 is 4.57 Å². The predicted molar refractivity (Wildman–Crippen MR) is 39.3 cm³/mol. The van der Waals surface area contributed by atoms with Gasteiger partial charge in [-0.2, -0.15) is 0 Å². The van der Waals surface area contributed by atoms with Crippen molar-refractivity contribution in [3.05, 3.63) is 18.2 Å². The lowest BCUT2D eigenvalue weighted by atomic mass is 10.3. The quantitative estimate of drug-likeness (QED) is 0.515. The van der Waals surface area contributed by atoms with Crippen LogP contribution in [0.15, 0.2) is 17.4 Å². The van der Waals surface area contributed by atoms with Crippen LogP contribution in [0.3, 0.4) is 0 Å². The fraction of sp³-hybridized carbons (Fsp3) is 0.429. The second-order valence-corrected chi connectivity index (χ2v) is 2.41. The van der Waals surface area contributed by atoms with Crippen LogP contribution < -0.4 is 0 Å². The summed E-state index contributed by atoms with van der Waals surface area (Å²) in [4.78, 5) is 8.45. The first-order valence-electron chi connectivity index (χ1n) is 3.40.